The summed E-state index contributed by atoms with van der Waals surface area (Å²) in [5, 5.41) is -0.466. The largest absolute Gasteiger partial charge is 0.475 e. The Kier molecular flexibility index (Phi) is 8.94. The van der Waals surface area contributed by atoms with Gasteiger partial charge in [-0.25, -0.2) is 4.57 Å². The zero-order valence-electron chi connectivity index (χ0n) is 10.1. The number of hydrogen-bond donors (Lipinski definition) is 0. The van der Waals surface area contributed by atoms with E-state index in [1.165, 1.54) is 0 Å². The highest BCUT2D eigenvalue weighted by Crippen LogP contribution is 2.53. The molecule has 0 heterocycles. The number of rotatable bonds is 8. The Morgan fingerprint density at radius 2 is 1.59 bits per heavy atom. The van der Waals surface area contributed by atoms with Gasteiger partial charge in [0.15, 0.2) is 0 Å². The number of phosphoric ester groups is 1. The molecule has 0 radical (unpaired) electrons. The lowest BCUT2D eigenvalue weighted by Crippen LogP contribution is -2.23. The summed E-state index contributed by atoms with van der Waals surface area (Å²) in [5.41, 5.74) is -0.246. The second kappa shape index (κ2) is 8.36. The normalized spacial score (nSPS) is 14.9. The fraction of sp³-hybridized carbons (Fsp3) is 1.00. The van der Waals surface area contributed by atoms with Crippen molar-refractivity contribution in [3.63, 3.8) is 0 Å². The van der Waals surface area contributed by atoms with Crippen LogP contribution in [0.1, 0.15) is 20.8 Å². The van der Waals surface area contributed by atoms with Gasteiger partial charge in [0.1, 0.15) is 5.01 Å². The first-order valence-corrected chi connectivity index (χ1v) is 8.53. The Morgan fingerprint density at radius 3 is 1.88 bits per heavy atom. The van der Waals surface area contributed by atoms with Crippen LogP contribution < -0.4 is 0 Å². The van der Waals surface area contributed by atoms with Crippen molar-refractivity contribution >= 4 is 47.0 Å². The molecular formula is C9H18BrCl2O4P. The third-order valence-electron chi connectivity index (χ3n) is 1.56. The maximum Gasteiger partial charge on any atom is 0.475 e. The molecule has 0 fully saturated rings. The standard InChI is InChI=1S/C9H18BrCl2O4P/c1-9(2,3)8(10)16-17(13,14-6-4-11)15-7-5-12/h8H,4-7H2,1-3H3. The highest BCUT2D eigenvalue weighted by molar-refractivity contribution is 9.09. The highest BCUT2D eigenvalue weighted by atomic mass is 79.9. The van der Waals surface area contributed by atoms with E-state index in [-0.39, 0.29) is 30.4 Å². The number of phosphoric acid groups is 1. The third-order valence-corrected chi connectivity index (χ3v) is 5.18. The third kappa shape index (κ3) is 8.04. The SMILES string of the molecule is CC(C)(C)C(Br)OP(=O)(OCCCl)OCCCl. The van der Waals surface area contributed by atoms with Crippen LogP contribution in [-0.4, -0.2) is 30.0 Å². The summed E-state index contributed by atoms with van der Waals surface area (Å²) >= 11 is 14.2. The molecule has 17 heavy (non-hydrogen) atoms. The van der Waals surface area contributed by atoms with Gasteiger partial charge in [-0.2, -0.15) is 0 Å². The molecule has 0 N–H and O–H groups in total. The first kappa shape index (κ1) is 18.2. The van der Waals surface area contributed by atoms with Gasteiger partial charge in [0.05, 0.1) is 13.2 Å². The first-order valence-electron chi connectivity index (χ1n) is 5.08. The first-order chi connectivity index (χ1) is 7.75. The number of alkyl halides is 3. The van der Waals surface area contributed by atoms with Crippen LogP contribution in [0.3, 0.4) is 0 Å². The molecule has 0 aliphatic heterocycles. The fourth-order valence-electron chi connectivity index (χ4n) is 0.662. The maximum atomic E-state index is 12.2. The van der Waals surface area contributed by atoms with E-state index in [2.05, 4.69) is 15.9 Å². The zero-order valence-corrected chi connectivity index (χ0v) is 14.1. The Labute approximate surface area is 121 Å². The monoisotopic (exact) mass is 370 g/mol. The van der Waals surface area contributed by atoms with Crippen LogP contribution in [0.4, 0.5) is 0 Å². The summed E-state index contributed by atoms with van der Waals surface area (Å²) in [6.45, 7) is 5.97. The van der Waals surface area contributed by atoms with Crippen molar-refractivity contribution in [1.29, 1.82) is 0 Å². The molecule has 0 aromatic rings. The second-order valence-electron chi connectivity index (χ2n) is 4.28. The molecule has 4 nitrogen and oxygen atoms in total. The van der Waals surface area contributed by atoms with Gasteiger partial charge in [0.2, 0.25) is 0 Å². The van der Waals surface area contributed by atoms with Crippen molar-refractivity contribution in [2.45, 2.75) is 25.8 Å². The predicted octanol–water partition coefficient (Wildman–Crippen LogP) is 4.39. The molecule has 0 aliphatic rings. The average Bonchev–Trinajstić information content (AvgIpc) is 2.22. The van der Waals surface area contributed by atoms with E-state index in [0.29, 0.717) is 0 Å². The Hall–Kier alpha value is 1.17. The van der Waals surface area contributed by atoms with Crippen LogP contribution >= 0.6 is 47.0 Å². The second-order valence-corrected chi connectivity index (χ2v) is 7.49. The van der Waals surface area contributed by atoms with Crippen molar-refractivity contribution in [2.24, 2.45) is 5.41 Å². The Bertz CT molecular complexity index is 248. The quantitative estimate of drug-likeness (QED) is 0.469. The summed E-state index contributed by atoms with van der Waals surface area (Å²) < 4.78 is 27.6. The predicted molar refractivity (Wildman–Crippen MR) is 74.2 cm³/mol. The lowest BCUT2D eigenvalue weighted by atomic mass is 9.99. The summed E-state index contributed by atoms with van der Waals surface area (Å²) in [4.78, 5) is 0. The minimum atomic E-state index is -3.62. The molecule has 0 aromatic carbocycles. The summed E-state index contributed by atoms with van der Waals surface area (Å²) in [5.74, 6) is 0.417. The minimum absolute atomic E-state index is 0.0883. The fourth-order valence-corrected chi connectivity index (χ4v) is 3.01. The van der Waals surface area contributed by atoms with Crippen LogP contribution in [0.15, 0.2) is 0 Å². The number of hydrogen-bond acceptors (Lipinski definition) is 4. The maximum absolute atomic E-state index is 12.2. The lowest BCUT2D eigenvalue weighted by Gasteiger charge is -2.28. The van der Waals surface area contributed by atoms with Gasteiger partial charge in [0.25, 0.3) is 0 Å². The van der Waals surface area contributed by atoms with Crippen LogP contribution in [0, 0.1) is 5.41 Å². The summed E-state index contributed by atoms with van der Waals surface area (Å²) in [6.07, 6.45) is 0. The van der Waals surface area contributed by atoms with Gasteiger partial charge in [-0.15, -0.1) is 23.2 Å². The van der Waals surface area contributed by atoms with Gasteiger partial charge >= 0.3 is 7.82 Å². The van der Waals surface area contributed by atoms with E-state index in [0.717, 1.165) is 0 Å². The lowest BCUT2D eigenvalue weighted by molar-refractivity contribution is 0.0789. The molecular weight excluding hydrogens is 354 g/mol. The van der Waals surface area contributed by atoms with E-state index < -0.39 is 12.8 Å². The molecule has 0 saturated heterocycles. The van der Waals surface area contributed by atoms with Gasteiger partial charge in [0, 0.05) is 11.8 Å². The van der Waals surface area contributed by atoms with Crippen LogP contribution in [0.2, 0.25) is 0 Å². The number of halogens is 3. The Balaban J connectivity index is 4.52. The smallest absolute Gasteiger partial charge is 0.286 e. The average molecular weight is 372 g/mol. The van der Waals surface area contributed by atoms with Gasteiger partial charge in [-0.05, 0) is 5.41 Å². The van der Waals surface area contributed by atoms with Crippen LogP contribution in [0.25, 0.3) is 0 Å². The zero-order chi connectivity index (χ0) is 13.5. The van der Waals surface area contributed by atoms with Gasteiger partial charge < -0.3 is 0 Å². The molecule has 1 atom stereocenters. The molecule has 1 unspecified atom stereocenters. The van der Waals surface area contributed by atoms with Crippen molar-refractivity contribution in [3.8, 4) is 0 Å². The molecule has 0 amide bonds. The molecule has 0 rings (SSSR count). The molecule has 0 aliphatic carbocycles. The molecule has 0 saturated carbocycles. The Morgan fingerprint density at radius 1 is 1.18 bits per heavy atom. The van der Waals surface area contributed by atoms with Gasteiger partial charge in [-0.1, -0.05) is 36.7 Å². The molecule has 0 aromatic heterocycles. The molecule has 0 spiro atoms. The van der Waals surface area contributed by atoms with Crippen molar-refractivity contribution in [1.82, 2.24) is 0 Å². The van der Waals surface area contributed by atoms with E-state index in [4.69, 9.17) is 36.8 Å². The van der Waals surface area contributed by atoms with Crippen molar-refractivity contribution in [3.05, 3.63) is 0 Å². The van der Waals surface area contributed by atoms with Crippen LogP contribution in [0.5, 0.6) is 0 Å². The van der Waals surface area contributed by atoms with Crippen molar-refractivity contribution in [2.75, 3.05) is 25.0 Å². The van der Waals surface area contributed by atoms with Gasteiger partial charge in [-0.3, -0.25) is 13.6 Å². The van der Waals surface area contributed by atoms with E-state index in [9.17, 15) is 4.57 Å². The molecule has 0 bridgehead atoms. The molecule has 8 heteroatoms. The minimum Gasteiger partial charge on any atom is -0.286 e. The summed E-state index contributed by atoms with van der Waals surface area (Å²) in [7, 11) is -3.62. The summed E-state index contributed by atoms with van der Waals surface area (Å²) in [6, 6.07) is 0. The highest BCUT2D eigenvalue weighted by Gasteiger charge is 2.34. The van der Waals surface area contributed by atoms with Crippen LogP contribution in [-0.2, 0) is 18.1 Å². The molecule has 104 valence electrons. The van der Waals surface area contributed by atoms with E-state index >= 15 is 0 Å². The van der Waals surface area contributed by atoms with E-state index in [1.54, 1.807) is 0 Å². The van der Waals surface area contributed by atoms with E-state index in [1.807, 2.05) is 20.8 Å². The van der Waals surface area contributed by atoms with Crippen molar-refractivity contribution < 1.29 is 18.1 Å². The topological polar surface area (TPSA) is 44.8 Å².